The molecule has 0 N–H and O–H groups in total. The van der Waals surface area contributed by atoms with Crippen molar-refractivity contribution in [2.45, 2.75) is 45.7 Å². The maximum Gasteiger partial charge on any atom is 0.328 e. The van der Waals surface area contributed by atoms with E-state index in [9.17, 15) is 9.59 Å². The van der Waals surface area contributed by atoms with Crippen LogP contribution in [0, 0.1) is 12.8 Å². The maximum absolute atomic E-state index is 13.5. The highest BCUT2D eigenvalue weighted by Crippen LogP contribution is 2.39. The van der Waals surface area contributed by atoms with Crippen LogP contribution in [0.2, 0.25) is 0 Å². The molecular formula is C19H25N7O3. The number of aromatic nitrogens is 4. The van der Waals surface area contributed by atoms with Gasteiger partial charge in [-0.1, -0.05) is 19.0 Å². The van der Waals surface area contributed by atoms with E-state index in [1.54, 1.807) is 30.4 Å². The second kappa shape index (κ2) is 7.41. The van der Waals surface area contributed by atoms with Crippen LogP contribution >= 0.6 is 0 Å². The summed E-state index contributed by atoms with van der Waals surface area (Å²) < 4.78 is 4.99. The SMILES string of the molecule is Cc1nc(CN2C(=O)N(CC(C)C)C3(CCN(c4cnccn4)CC3)C2=O)no1. The summed E-state index contributed by atoms with van der Waals surface area (Å²) in [5, 5.41) is 3.85. The Bertz CT molecular complexity index is 890. The number of rotatable bonds is 5. The minimum Gasteiger partial charge on any atom is -0.355 e. The van der Waals surface area contributed by atoms with Crippen LogP contribution in [-0.4, -0.2) is 67.0 Å². The van der Waals surface area contributed by atoms with E-state index in [1.165, 1.54) is 4.90 Å². The first-order valence-corrected chi connectivity index (χ1v) is 9.84. The Balaban J connectivity index is 1.58. The number of aryl methyl sites for hydroxylation is 1. The molecular weight excluding hydrogens is 374 g/mol. The number of hydrogen-bond acceptors (Lipinski definition) is 8. The number of anilines is 1. The van der Waals surface area contributed by atoms with E-state index in [0.29, 0.717) is 44.2 Å². The lowest BCUT2D eigenvalue weighted by Gasteiger charge is -2.43. The summed E-state index contributed by atoms with van der Waals surface area (Å²) >= 11 is 0. The summed E-state index contributed by atoms with van der Waals surface area (Å²) in [6.07, 6.45) is 6.10. The molecule has 3 amide bonds. The highest BCUT2D eigenvalue weighted by molar-refractivity contribution is 6.07. The molecule has 0 unspecified atom stereocenters. The molecule has 0 radical (unpaired) electrons. The number of hydrogen-bond donors (Lipinski definition) is 0. The zero-order valence-electron chi connectivity index (χ0n) is 16.9. The third-order valence-corrected chi connectivity index (χ3v) is 5.50. The molecule has 0 bridgehead atoms. The second-order valence-electron chi connectivity index (χ2n) is 7.99. The van der Waals surface area contributed by atoms with Crippen molar-refractivity contribution in [1.29, 1.82) is 0 Å². The van der Waals surface area contributed by atoms with Gasteiger partial charge in [-0.3, -0.25) is 14.7 Å². The number of nitrogens with zero attached hydrogens (tertiary/aromatic N) is 7. The van der Waals surface area contributed by atoms with Gasteiger partial charge in [-0.25, -0.2) is 9.78 Å². The normalized spacial score (nSPS) is 19.1. The van der Waals surface area contributed by atoms with E-state index >= 15 is 0 Å². The van der Waals surface area contributed by atoms with Gasteiger partial charge in [-0.2, -0.15) is 4.98 Å². The molecule has 0 saturated carbocycles. The zero-order chi connectivity index (χ0) is 20.6. The van der Waals surface area contributed by atoms with Crippen molar-refractivity contribution in [2.24, 2.45) is 5.92 Å². The lowest BCUT2D eigenvalue weighted by Crippen LogP contribution is -2.57. The van der Waals surface area contributed by atoms with Crippen LogP contribution in [0.5, 0.6) is 0 Å². The van der Waals surface area contributed by atoms with Crippen LogP contribution in [0.4, 0.5) is 10.6 Å². The Morgan fingerprint density at radius 2 is 1.97 bits per heavy atom. The summed E-state index contributed by atoms with van der Waals surface area (Å²) in [5.41, 5.74) is -0.834. The summed E-state index contributed by atoms with van der Waals surface area (Å²) in [5.74, 6) is 1.60. The van der Waals surface area contributed by atoms with E-state index < -0.39 is 5.54 Å². The zero-order valence-corrected chi connectivity index (χ0v) is 16.9. The molecule has 10 nitrogen and oxygen atoms in total. The molecule has 10 heteroatoms. The third kappa shape index (κ3) is 3.43. The number of carbonyl (C=O) groups excluding carboxylic acids is 2. The molecule has 2 aliphatic rings. The van der Waals surface area contributed by atoms with Gasteiger partial charge in [0, 0.05) is 39.0 Å². The Labute approximate surface area is 168 Å². The first-order valence-electron chi connectivity index (χ1n) is 9.84. The molecule has 2 saturated heterocycles. The monoisotopic (exact) mass is 399 g/mol. The minimum atomic E-state index is -0.834. The molecule has 2 aromatic rings. The van der Waals surface area contributed by atoms with E-state index in [1.807, 2.05) is 13.8 Å². The summed E-state index contributed by atoms with van der Waals surface area (Å²) in [4.78, 5) is 44.4. The fourth-order valence-corrected chi connectivity index (χ4v) is 4.13. The van der Waals surface area contributed by atoms with Crippen LogP contribution in [0.25, 0.3) is 0 Å². The van der Waals surface area contributed by atoms with Gasteiger partial charge in [0.05, 0.1) is 12.7 Å². The second-order valence-corrected chi connectivity index (χ2v) is 7.99. The molecule has 29 heavy (non-hydrogen) atoms. The van der Waals surface area contributed by atoms with Crippen LogP contribution in [0.3, 0.4) is 0 Å². The maximum atomic E-state index is 13.5. The van der Waals surface area contributed by atoms with Crippen molar-refractivity contribution in [2.75, 3.05) is 24.5 Å². The average molecular weight is 399 g/mol. The summed E-state index contributed by atoms with van der Waals surface area (Å²) in [6, 6.07) is -0.279. The molecule has 1 spiro atoms. The fraction of sp³-hybridized carbons (Fsp3) is 0.579. The number of imide groups is 1. The van der Waals surface area contributed by atoms with E-state index in [-0.39, 0.29) is 24.4 Å². The number of urea groups is 1. The van der Waals surface area contributed by atoms with E-state index in [2.05, 4.69) is 25.0 Å². The molecule has 4 heterocycles. The van der Waals surface area contributed by atoms with E-state index in [4.69, 9.17) is 4.52 Å². The molecule has 2 aromatic heterocycles. The van der Waals surface area contributed by atoms with E-state index in [0.717, 1.165) is 5.82 Å². The predicted octanol–water partition coefficient (Wildman–Crippen LogP) is 1.63. The Morgan fingerprint density at radius 3 is 2.55 bits per heavy atom. The van der Waals surface area contributed by atoms with Crippen molar-refractivity contribution >= 4 is 17.8 Å². The largest absolute Gasteiger partial charge is 0.355 e. The van der Waals surface area contributed by atoms with Crippen LogP contribution in [-0.2, 0) is 11.3 Å². The molecule has 4 rings (SSSR count). The minimum absolute atomic E-state index is 0.0270. The number of piperidine rings is 1. The highest BCUT2D eigenvalue weighted by Gasteiger charge is 2.58. The van der Waals surface area contributed by atoms with Gasteiger partial charge in [-0.05, 0) is 18.8 Å². The van der Waals surface area contributed by atoms with Gasteiger partial charge < -0.3 is 14.3 Å². The molecule has 0 aliphatic carbocycles. The van der Waals surface area contributed by atoms with Gasteiger partial charge in [0.25, 0.3) is 5.91 Å². The lowest BCUT2D eigenvalue weighted by molar-refractivity contribution is -0.134. The molecule has 0 aromatic carbocycles. The molecule has 2 fully saturated rings. The number of carbonyl (C=O) groups is 2. The van der Waals surface area contributed by atoms with Crippen molar-refractivity contribution in [3.8, 4) is 0 Å². The summed E-state index contributed by atoms with van der Waals surface area (Å²) in [6.45, 7) is 7.58. The van der Waals surface area contributed by atoms with Crippen LogP contribution < -0.4 is 4.90 Å². The summed E-state index contributed by atoms with van der Waals surface area (Å²) in [7, 11) is 0. The van der Waals surface area contributed by atoms with Crippen LogP contribution in [0.1, 0.15) is 38.4 Å². The first kappa shape index (κ1) is 19.3. The third-order valence-electron chi connectivity index (χ3n) is 5.50. The highest BCUT2D eigenvalue weighted by atomic mass is 16.5. The fourth-order valence-electron chi connectivity index (χ4n) is 4.13. The van der Waals surface area contributed by atoms with Gasteiger partial charge in [0.1, 0.15) is 11.4 Å². The Hall–Kier alpha value is -3.04. The quantitative estimate of drug-likeness (QED) is 0.698. The van der Waals surface area contributed by atoms with Gasteiger partial charge in [0.15, 0.2) is 5.82 Å². The molecule has 0 atom stereocenters. The predicted molar refractivity (Wildman–Crippen MR) is 103 cm³/mol. The topological polar surface area (TPSA) is 109 Å². The number of amides is 3. The van der Waals surface area contributed by atoms with Crippen molar-refractivity contribution < 1.29 is 14.1 Å². The van der Waals surface area contributed by atoms with Gasteiger partial charge >= 0.3 is 6.03 Å². The van der Waals surface area contributed by atoms with Crippen molar-refractivity contribution in [1.82, 2.24) is 29.9 Å². The van der Waals surface area contributed by atoms with Crippen molar-refractivity contribution in [3.63, 3.8) is 0 Å². The standard InChI is InChI=1S/C19H25N7O3/c1-13(2)11-26-18(28)25(12-15-22-14(3)29-23-15)17(27)19(26)4-8-24(9-5-19)16-10-20-6-7-21-16/h6-7,10,13H,4-5,8-9,11-12H2,1-3H3. The molecule has 154 valence electrons. The van der Waals surface area contributed by atoms with Crippen LogP contribution in [0.15, 0.2) is 23.1 Å². The Morgan fingerprint density at radius 1 is 1.21 bits per heavy atom. The van der Waals surface area contributed by atoms with Gasteiger partial charge in [-0.15, -0.1) is 0 Å². The smallest absolute Gasteiger partial charge is 0.328 e. The first-order chi connectivity index (χ1) is 13.9. The average Bonchev–Trinajstić information content (AvgIpc) is 3.21. The van der Waals surface area contributed by atoms with Crippen molar-refractivity contribution in [3.05, 3.63) is 30.3 Å². The Kier molecular flexibility index (Phi) is 4.93. The lowest BCUT2D eigenvalue weighted by atomic mass is 9.85. The molecule has 2 aliphatic heterocycles. The van der Waals surface area contributed by atoms with Gasteiger partial charge in [0.2, 0.25) is 5.89 Å².